The zero-order valence-electron chi connectivity index (χ0n) is 9.17. The molecule has 0 bridgehead atoms. The van der Waals surface area contributed by atoms with Gasteiger partial charge in [-0.05, 0) is 25.0 Å². The predicted molar refractivity (Wildman–Crippen MR) is 65.1 cm³/mol. The van der Waals surface area contributed by atoms with E-state index in [1.165, 1.54) is 0 Å². The molecular weight excluding hydrogens is 200 g/mol. The van der Waals surface area contributed by atoms with Crippen LogP contribution < -0.4 is 10.6 Å². The first kappa shape index (κ1) is 10.9. The van der Waals surface area contributed by atoms with E-state index in [2.05, 4.69) is 6.08 Å². The summed E-state index contributed by atoms with van der Waals surface area (Å²) in [5.74, 6) is 0.00977. The smallest absolute Gasteiger partial charge is 0.244 e. The summed E-state index contributed by atoms with van der Waals surface area (Å²) in [5.41, 5.74) is 6.76. The summed E-state index contributed by atoms with van der Waals surface area (Å²) < 4.78 is 0. The van der Waals surface area contributed by atoms with Gasteiger partial charge in [0.15, 0.2) is 0 Å². The number of allylic oxidation sites excluding steroid dienone is 1. The number of anilines is 1. The van der Waals surface area contributed by atoms with Crippen LogP contribution in [0.2, 0.25) is 0 Å². The lowest BCUT2D eigenvalue weighted by atomic mass is 10.1. The van der Waals surface area contributed by atoms with Crippen molar-refractivity contribution in [2.24, 2.45) is 5.73 Å². The quantitative estimate of drug-likeness (QED) is 0.726. The second-order valence-electron chi connectivity index (χ2n) is 3.94. The Hall–Kier alpha value is -1.61. The monoisotopic (exact) mass is 216 g/mol. The van der Waals surface area contributed by atoms with Gasteiger partial charge >= 0.3 is 0 Å². The van der Waals surface area contributed by atoms with Gasteiger partial charge in [-0.15, -0.1) is 0 Å². The highest BCUT2D eigenvalue weighted by Gasteiger charge is 2.21. The van der Waals surface area contributed by atoms with Crippen LogP contribution in [-0.2, 0) is 4.79 Å². The van der Waals surface area contributed by atoms with E-state index in [1.54, 1.807) is 4.90 Å². The molecule has 0 aliphatic carbocycles. The van der Waals surface area contributed by atoms with Crippen molar-refractivity contribution < 1.29 is 4.79 Å². The topological polar surface area (TPSA) is 46.3 Å². The standard InChI is InChI=1S/C13H16N2O/c14-12-9-5-2-6-10-15(13(12)16)11-7-3-1-4-8-11/h1-4,6-8,12H,5,9-10,14H2/t12-/m0/s1. The lowest BCUT2D eigenvalue weighted by molar-refractivity contribution is -0.119. The van der Waals surface area contributed by atoms with Crippen molar-refractivity contribution in [1.29, 1.82) is 0 Å². The van der Waals surface area contributed by atoms with E-state index in [-0.39, 0.29) is 11.9 Å². The zero-order valence-corrected chi connectivity index (χ0v) is 9.17. The van der Waals surface area contributed by atoms with E-state index in [0.29, 0.717) is 6.54 Å². The highest BCUT2D eigenvalue weighted by Crippen LogP contribution is 2.16. The second kappa shape index (κ2) is 4.94. The summed E-state index contributed by atoms with van der Waals surface area (Å²) in [6.45, 7) is 0.608. The average Bonchev–Trinajstić information content (AvgIpc) is 2.32. The van der Waals surface area contributed by atoms with Gasteiger partial charge < -0.3 is 10.6 Å². The van der Waals surface area contributed by atoms with Crippen LogP contribution >= 0.6 is 0 Å². The van der Waals surface area contributed by atoms with E-state index in [9.17, 15) is 4.79 Å². The van der Waals surface area contributed by atoms with Crippen molar-refractivity contribution in [3.63, 3.8) is 0 Å². The molecule has 0 aromatic heterocycles. The molecule has 2 rings (SSSR count). The maximum atomic E-state index is 12.1. The molecule has 1 aromatic rings. The summed E-state index contributed by atoms with van der Waals surface area (Å²) in [5, 5.41) is 0. The molecule has 2 N–H and O–H groups in total. The Morgan fingerprint density at radius 1 is 1.19 bits per heavy atom. The molecule has 3 nitrogen and oxygen atoms in total. The molecule has 0 saturated carbocycles. The zero-order chi connectivity index (χ0) is 11.4. The summed E-state index contributed by atoms with van der Waals surface area (Å²) in [7, 11) is 0. The Bertz CT molecular complexity index is 386. The van der Waals surface area contributed by atoms with E-state index >= 15 is 0 Å². The molecular formula is C13H16N2O. The Morgan fingerprint density at radius 3 is 2.69 bits per heavy atom. The van der Waals surface area contributed by atoms with Crippen molar-refractivity contribution in [2.75, 3.05) is 11.4 Å². The largest absolute Gasteiger partial charge is 0.320 e. The third-order valence-corrected chi connectivity index (χ3v) is 2.75. The summed E-state index contributed by atoms with van der Waals surface area (Å²) in [6.07, 6.45) is 5.72. The molecule has 0 spiro atoms. The number of benzene rings is 1. The van der Waals surface area contributed by atoms with Crippen LogP contribution in [-0.4, -0.2) is 18.5 Å². The number of hydrogen-bond donors (Lipinski definition) is 1. The van der Waals surface area contributed by atoms with Gasteiger partial charge in [0.25, 0.3) is 0 Å². The van der Waals surface area contributed by atoms with Gasteiger partial charge in [-0.1, -0.05) is 30.4 Å². The summed E-state index contributed by atoms with van der Waals surface area (Å²) >= 11 is 0. The van der Waals surface area contributed by atoms with Gasteiger partial charge in [0.05, 0.1) is 6.04 Å². The SMILES string of the molecule is N[C@H]1CCC=CCN(c2ccccc2)C1=O. The minimum atomic E-state index is -0.384. The van der Waals surface area contributed by atoms with Crippen LogP contribution in [0.3, 0.4) is 0 Å². The molecule has 16 heavy (non-hydrogen) atoms. The third-order valence-electron chi connectivity index (χ3n) is 2.75. The van der Waals surface area contributed by atoms with Gasteiger partial charge in [0.2, 0.25) is 5.91 Å². The number of para-hydroxylation sites is 1. The lowest BCUT2D eigenvalue weighted by Gasteiger charge is -2.26. The predicted octanol–water partition coefficient (Wildman–Crippen LogP) is 1.70. The maximum absolute atomic E-state index is 12.1. The fourth-order valence-electron chi connectivity index (χ4n) is 1.83. The molecule has 0 saturated heterocycles. The van der Waals surface area contributed by atoms with Gasteiger partial charge in [-0.25, -0.2) is 0 Å². The first-order valence-corrected chi connectivity index (χ1v) is 5.56. The van der Waals surface area contributed by atoms with Crippen molar-refractivity contribution in [3.8, 4) is 0 Å². The highest BCUT2D eigenvalue weighted by molar-refractivity contribution is 5.97. The van der Waals surface area contributed by atoms with Gasteiger partial charge in [0.1, 0.15) is 0 Å². The fourth-order valence-corrected chi connectivity index (χ4v) is 1.83. The number of nitrogens with two attached hydrogens (primary N) is 1. The number of carbonyl (C=O) groups is 1. The van der Waals surface area contributed by atoms with Crippen molar-refractivity contribution in [2.45, 2.75) is 18.9 Å². The highest BCUT2D eigenvalue weighted by atomic mass is 16.2. The lowest BCUT2D eigenvalue weighted by Crippen LogP contribution is -2.44. The molecule has 1 heterocycles. The fraction of sp³-hybridized carbons (Fsp3) is 0.308. The number of amides is 1. The van der Waals surface area contributed by atoms with Crippen LogP contribution in [0.15, 0.2) is 42.5 Å². The van der Waals surface area contributed by atoms with E-state index < -0.39 is 0 Å². The molecule has 1 amide bonds. The second-order valence-corrected chi connectivity index (χ2v) is 3.94. The molecule has 1 atom stereocenters. The van der Waals surface area contributed by atoms with E-state index in [0.717, 1.165) is 18.5 Å². The molecule has 3 heteroatoms. The van der Waals surface area contributed by atoms with Crippen LogP contribution in [0.5, 0.6) is 0 Å². The van der Waals surface area contributed by atoms with E-state index in [4.69, 9.17) is 5.73 Å². The summed E-state index contributed by atoms with van der Waals surface area (Å²) in [4.78, 5) is 13.8. The number of carbonyl (C=O) groups excluding carboxylic acids is 1. The molecule has 1 aliphatic heterocycles. The minimum absolute atomic E-state index is 0.00977. The maximum Gasteiger partial charge on any atom is 0.244 e. The normalized spacial score (nSPS) is 21.7. The van der Waals surface area contributed by atoms with E-state index in [1.807, 2.05) is 36.4 Å². The Kier molecular flexibility index (Phi) is 3.37. The Morgan fingerprint density at radius 2 is 1.94 bits per heavy atom. The molecule has 0 unspecified atom stereocenters. The minimum Gasteiger partial charge on any atom is -0.320 e. The van der Waals surface area contributed by atoms with Gasteiger partial charge in [-0.3, -0.25) is 4.79 Å². The van der Waals surface area contributed by atoms with Crippen LogP contribution in [0, 0.1) is 0 Å². The first-order valence-electron chi connectivity index (χ1n) is 5.56. The van der Waals surface area contributed by atoms with Crippen LogP contribution in [0.4, 0.5) is 5.69 Å². The summed E-state index contributed by atoms with van der Waals surface area (Å²) in [6, 6.07) is 9.27. The number of hydrogen-bond acceptors (Lipinski definition) is 2. The number of nitrogens with zero attached hydrogens (tertiary/aromatic N) is 1. The average molecular weight is 216 g/mol. The van der Waals surface area contributed by atoms with Crippen molar-refractivity contribution in [1.82, 2.24) is 0 Å². The van der Waals surface area contributed by atoms with Crippen LogP contribution in [0.1, 0.15) is 12.8 Å². The van der Waals surface area contributed by atoms with Crippen molar-refractivity contribution in [3.05, 3.63) is 42.5 Å². The van der Waals surface area contributed by atoms with Gasteiger partial charge in [0, 0.05) is 12.2 Å². The molecule has 1 aliphatic rings. The Balaban J connectivity index is 2.26. The third kappa shape index (κ3) is 2.31. The molecule has 0 radical (unpaired) electrons. The molecule has 0 fully saturated rings. The van der Waals surface area contributed by atoms with Crippen LogP contribution in [0.25, 0.3) is 0 Å². The first-order chi connectivity index (χ1) is 7.79. The number of rotatable bonds is 1. The van der Waals surface area contributed by atoms with Crippen molar-refractivity contribution >= 4 is 11.6 Å². The molecule has 1 aromatic carbocycles. The Labute approximate surface area is 95.6 Å². The molecule has 84 valence electrons. The van der Waals surface area contributed by atoms with Gasteiger partial charge in [-0.2, -0.15) is 0 Å².